The highest BCUT2D eigenvalue weighted by Gasteiger charge is 2.23. The molecule has 0 saturated heterocycles. The normalized spacial score (nSPS) is 22.2. The van der Waals surface area contributed by atoms with Crippen LogP contribution in [0.3, 0.4) is 0 Å². The number of ether oxygens (including phenoxy) is 1. The average molecular weight is 185 g/mol. The van der Waals surface area contributed by atoms with Gasteiger partial charge in [0.05, 0.1) is 12.2 Å². The Morgan fingerprint density at radius 3 is 2.31 bits per heavy atom. The predicted molar refractivity (Wildman–Crippen MR) is 55.6 cm³/mol. The van der Waals surface area contributed by atoms with Gasteiger partial charge in [0.1, 0.15) is 0 Å². The van der Waals surface area contributed by atoms with Crippen LogP contribution in [0, 0.1) is 5.92 Å². The highest BCUT2D eigenvalue weighted by atomic mass is 16.5. The van der Waals surface area contributed by atoms with E-state index in [0.29, 0.717) is 12.5 Å². The minimum atomic E-state index is -0.0454. The van der Waals surface area contributed by atoms with Crippen molar-refractivity contribution in [1.29, 1.82) is 0 Å². The summed E-state index contributed by atoms with van der Waals surface area (Å²) in [5.74, 6) is 0.711. The van der Waals surface area contributed by atoms with Crippen LogP contribution in [0.4, 0.5) is 0 Å². The van der Waals surface area contributed by atoms with Crippen LogP contribution in [-0.4, -0.2) is 18.2 Å². The third kappa shape index (κ3) is 4.10. The van der Waals surface area contributed by atoms with Gasteiger partial charge in [-0.15, -0.1) is 0 Å². The first-order chi connectivity index (χ1) is 5.99. The molecular weight excluding hydrogens is 162 g/mol. The van der Waals surface area contributed by atoms with Crippen molar-refractivity contribution in [3.8, 4) is 0 Å². The molecule has 78 valence electrons. The molecule has 2 N–H and O–H groups in total. The summed E-state index contributed by atoms with van der Waals surface area (Å²) < 4.78 is 5.68. The van der Waals surface area contributed by atoms with Crippen molar-refractivity contribution in [3.05, 3.63) is 0 Å². The van der Waals surface area contributed by atoms with Gasteiger partial charge in [-0.25, -0.2) is 0 Å². The first kappa shape index (κ1) is 11.0. The largest absolute Gasteiger partial charge is 0.374 e. The fourth-order valence-electron chi connectivity index (χ4n) is 1.87. The molecule has 2 heteroatoms. The van der Waals surface area contributed by atoms with Crippen molar-refractivity contribution in [2.45, 2.75) is 58.1 Å². The van der Waals surface area contributed by atoms with E-state index in [-0.39, 0.29) is 11.6 Å². The average Bonchev–Trinajstić information content (AvgIpc) is 2.50. The summed E-state index contributed by atoms with van der Waals surface area (Å²) in [5.41, 5.74) is 6.02. The van der Waals surface area contributed by atoms with Crippen LogP contribution in [0.5, 0.6) is 0 Å². The van der Waals surface area contributed by atoms with E-state index in [9.17, 15) is 0 Å². The lowest BCUT2D eigenvalue weighted by Crippen LogP contribution is -2.36. The topological polar surface area (TPSA) is 35.2 Å². The second-order valence-electron chi connectivity index (χ2n) is 5.13. The van der Waals surface area contributed by atoms with Gasteiger partial charge in [0.25, 0.3) is 0 Å². The third-order valence-corrected chi connectivity index (χ3v) is 2.71. The fourth-order valence-corrected chi connectivity index (χ4v) is 1.87. The molecule has 0 aromatic rings. The molecule has 13 heavy (non-hydrogen) atoms. The van der Waals surface area contributed by atoms with Crippen LogP contribution in [0.15, 0.2) is 0 Å². The molecule has 0 spiro atoms. The van der Waals surface area contributed by atoms with E-state index in [1.165, 1.54) is 25.7 Å². The second-order valence-corrected chi connectivity index (χ2v) is 5.13. The molecule has 1 atom stereocenters. The van der Waals surface area contributed by atoms with Crippen molar-refractivity contribution in [2.24, 2.45) is 11.7 Å². The molecule has 0 amide bonds. The van der Waals surface area contributed by atoms with Crippen LogP contribution >= 0.6 is 0 Å². The fraction of sp³-hybridized carbons (Fsp3) is 1.00. The Labute approximate surface area is 81.8 Å². The van der Waals surface area contributed by atoms with Crippen LogP contribution in [-0.2, 0) is 4.74 Å². The Hall–Kier alpha value is -0.0800. The van der Waals surface area contributed by atoms with Crippen molar-refractivity contribution < 1.29 is 4.74 Å². The van der Waals surface area contributed by atoms with Gasteiger partial charge in [-0.05, 0) is 39.5 Å². The summed E-state index contributed by atoms with van der Waals surface area (Å²) in [6, 6.07) is 0.252. The summed E-state index contributed by atoms with van der Waals surface area (Å²) in [4.78, 5) is 0. The van der Waals surface area contributed by atoms with Gasteiger partial charge in [-0.3, -0.25) is 0 Å². The monoisotopic (exact) mass is 185 g/mol. The Bertz CT molecular complexity index is 145. The lowest BCUT2D eigenvalue weighted by molar-refractivity contribution is -0.0163. The van der Waals surface area contributed by atoms with Gasteiger partial charge in [-0.1, -0.05) is 12.8 Å². The van der Waals surface area contributed by atoms with Gasteiger partial charge < -0.3 is 10.5 Å². The van der Waals surface area contributed by atoms with Gasteiger partial charge in [-0.2, -0.15) is 0 Å². The number of hydrogen-bond donors (Lipinski definition) is 1. The summed E-state index contributed by atoms with van der Waals surface area (Å²) in [5, 5.41) is 0. The summed E-state index contributed by atoms with van der Waals surface area (Å²) in [7, 11) is 0. The molecule has 0 aromatic carbocycles. The molecule has 0 aliphatic heterocycles. The van der Waals surface area contributed by atoms with Crippen molar-refractivity contribution in [2.75, 3.05) is 6.61 Å². The number of rotatable bonds is 3. The number of hydrogen-bond acceptors (Lipinski definition) is 2. The first-order valence-corrected chi connectivity index (χ1v) is 5.38. The number of nitrogens with two attached hydrogens (primary N) is 1. The minimum Gasteiger partial charge on any atom is -0.374 e. The minimum absolute atomic E-state index is 0.0454. The van der Waals surface area contributed by atoms with Gasteiger partial charge >= 0.3 is 0 Å². The molecule has 1 aliphatic carbocycles. The van der Waals surface area contributed by atoms with Gasteiger partial charge in [0.2, 0.25) is 0 Å². The van der Waals surface area contributed by atoms with Crippen LogP contribution in [0.25, 0.3) is 0 Å². The predicted octanol–water partition coefficient (Wildman–Crippen LogP) is 2.32. The highest BCUT2D eigenvalue weighted by Crippen LogP contribution is 2.27. The second kappa shape index (κ2) is 4.43. The maximum atomic E-state index is 6.06. The lowest BCUT2D eigenvalue weighted by Gasteiger charge is -2.25. The molecule has 0 radical (unpaired) electrons. The molecule has 2 nitrogen and oxygen atoms in total. The molecule has 1 saturated carbocycles. The maximum absolute atomic E-state index is 6.06. The zero-order valence-electron chi connectivity index (χ0n) is 9.18. The SMILES string of the molecule is CC(C)(C)OCC(N)C1CCCC1. The molecule has 0 bridgehead atoms. The summed E-state index contributed by atoms with van der Waals surface area (Å²) >= 11 is 0. The van der Waals surface area contributed by atoms with E-state index in [1.807, 2.05) is 0 Å². The van der Waals surface area contributed by atoms with E-state index in [2.05, 4.69) is 20.8 Å². The van der Waals surface area contributed by atoms with Crippen LogP contribution < -0.4 is 5.73 Å². The maximum Gasteiger partial charge on any atom is 0.0627 e. The highest BCUT2D eigenvalue weighted by molar-refractivity contribution is 4.78. The summed E-state index contributed by atoms with van der Waals surface area (Å²) in [6.45, 7) is 6.95. The standard InChI is InChI=1S/C11H23NO/c1-11(2,3)13-8-10(12)9-6-4-5-7-9/h9-10H,4-8,12H2,1-3H3. The molecule has 0 heterocycles. The Morgan fingerprint density at radius 1 is 1.31 bits per heavy atom. The van der Waals surface area contributed by atoms with Crippen LogP contribution in [0.2, 0.25) is 0 Å². The van der Waals surface area contributed by atoms with E-state index < -0.39 is 0 Å². The zero-order valence-corrected chi connectivity index (χ0v) is 9.18. The van der Waals surface area contributed by atoms with Crippen molar-refractivity contribution in [1.82, 2.24) is 0 Å². The van der Waals surface area contributed by atoms with Crippen molar-refractivity contribution in [3.63, 3.8) is 0 Å². The molecule has 0 aromatic heterocycles. The molecule has 1 unspecified atom stereocenters. The van der Waals surface area contributed by atoms with E-state index in [0.717, 1.165) is 0 Å². The van der Waals surface area contributed by atoms with Crippen LogP contribution in [0.1, 0.15) is 46.5 Å². The Kier molecular flexibility index (Phi) is 3.74. The summed E-state index contributed by atoms with van der Waals surface area (Å²) in [6.07, 6.45) is 5.31. The molecular formula is C11H23NO. The lowest BCUT2D eigenvalue weighted by atomic mass is 10.00. The quantitative estimate of drug-likeness (QED) is 0.732. The van der Waals surface area contributed by atoms with Crippen molar-refractivity contribution >= 4 is 0 Å². The molecule has 1 fully saturated rings. The Morgan fingerprint density at radius 2 is 1.85 bits per heavy atom. The molecule has 1 aliphatic rings. The zero-order chi connectivity index (χ0) is 9.90. The smallest absolute Gasteiger partial charge is 0.0627 e. The van der Waals surface area contributed by atoms with Gasteiger partial charge in [0, 0.05) is 6.04 Å². The van der Waals surface area contributed by atoms with E-state index in [4.69, 9.17) is 10.5 Å². The third-order valence-electron chi connectivity index (χ3n) is 2.71. The van der Waals surface area contributed by atoms with E-state index >= 15 is 0 Å². The molecule has 1 rings (SSSR count). The first-order valence-electron chi connectivity index (χ1n) is 5.38. The Balaban J connectivity index is 2.20. The van der Waals surface area contributed by atoms with E-state index in [1.54, 1.807) is 0 Å². The van der Waals surface area contributed by atoms with Gasteiger partial charge in [0.15, 0.2) is 0 Å².